The molecule has 0 bridgehead atoms. The average molecular weight is 229 g/mol. The summed E-state index contributed by atoms with van der Waals surface area (Å²) < 4.78 is 0. The van der Waals surface area contributed by atoms with Gasteiger partial charge in [-0.05, 0) is 24.6 Å². The predicted molar refractivity (Wildman–Crippen MR) is 62.4 cm³/mol. The van der Waals surface area contributed by atoms with Gasteiger partial charge in [-0.25, -0.2) is 0 Å². The maximum absolute atomic E-state index is 10.8. The van der Waals surface area contributed by atoms with Gasteiger partial charge in [0.15, 0.2) is 6.29 Å². The fourth-order valence-electron chi connectivity index (χ4n) is 1.02. The maximum Gasteiger partial charge on any atom is 0.151 e. The lowest BCUT2D eigenvalue weighted by Crippen LogP contribution is -1.94. The molecule has 1 aromatic rings. The van der Waals surface area contributed by atoms with Crippen molar-refractivity contribution in [3.63, 3.8) is 0 Å². The molecule has 1 atom stereocenters. The van der Waals surface area contributed by atoms with E-state index in [-0.39, 0.29) is 0 Å². The number of benzene rings is 1. The Morgan fingerprint density at radius 1 is 1.57 bits per heavy atom. The van der Waals surface area contributed by atoms with E-state index in [1.165, 1.54) is 0 Å². The Morgan fingerprint density at radius 3 is 2.86 bits per heavy atom. The van der Waals surface area contributed by atoms with Gasteiger partial charge in [0.1, 0.15) is 0 Å². The van der Waals surface area contributed by atoms with Crippen molar-refractivity contribution in [3.8, 4) is 0 Å². The summed E-state index contributed by atoms with van der Waals surface area (Å²) in [5.74, 6) is 0. The van der Waals surface area contributed by atoms with Gasteiger partial charge in [-0.15, -0.1) is 11.8 Å². The summed E-state index contributed by atoms with van der Waals surface area (Å²) in [5.41, 5.74) is 0.683. The standard InChI is InChI=1S/C11H13ClOS/c1-3-8(2)14-11-5-4-10(12)6-9(11)7-13/h4-8H,3H2,1-2H3. The molecule has 0 aliphatic rings. The molecular weight excluding hydrogens is 216 g/mol. The third-order valence-corrected chi connectivity index (χ3v) is 3.60. The van der Waals surface area contributed by atoms with Crippen LogP contribution >= 0.6 is 23.4 Å². The van der Waals surface area contributed by atoms with Gasteiger partial charge in [-0.1, -0.05) is 25.4 Å². The Morgan fingerprint density at radius 2 is 2.29 bits per heavy atom. The lowest BCUT2D eigenvalue weighted by atomic mass is 10.2. The molecule has 0 spiro atoms. The number of hydrogen-bond acceptors (Lipinski definition) is 2. The molecule has 0 aromatic heterocycles. The van der Waals surface area contributed by atoms with Crippen molar-refractivity contribution < 1.29 is 4.79 Å². The van der Waals surface area contributed by atoms with Crippen LogP contribution in [0.3, 0.4) is 0 Å². The first-order valence-electron chi connectivity index (χ1n) is 4.58. The molecule has 0 N–H and O–H groups in total. The largest absolute Gasteiger partial charge is 0.298 e. The fourth-order valence-corrected chi connectivity index (χ4v) is 2.19. The first-order chi connectivity index (χ1) is 6.67. The van der Waals surface area contributed by atoms with Gasteiger partial charge in [0.2, 0.25) is 0 Å². The first kappa shape index (κ1) is 11.6. The van der Waals surface area contributed by atoms with E-state index in [1.807, 2.05) is 12.1 Å². The molecule has 0 aliphatic carbocycles. The number of carbonyl (C=O) groups excluding carboxylic acids is 1. The monoisotopic (exact) mass is 228 g/mol. The number of rotatable bonds is 4. The predicted octanol–water partition coefficient (Wildman–Crippen LogP) is 4.04. The first-order valence-corrected chi connectivity index (χ1v) is 5.84. The van der Waals surface area contributed by atoms with E-state index in [1.54, 1.807) is 17.8 Å². The molecule has 0 aliphatic heterocycles. The van der Waals surface area contributed by atoms with Gasteiger partial charge >= 0.3 is 0 Å². The van der Waals surface area contributed by atoms with Crippen LogP contribution in [-0.4, -0.2) is 11.5 Å². The van der Waals surface area contributed by atoms with Gasteiger partial charge < -0.3 is 0 Å². The highest BCUT2D eigenvalue weighted by Crippen LogP contribution is 2.29. The maximum atomic E-state index is 10.8. The van der Waals surface area contributed by atoms with Crippen LogP contribution in [-0.2, 0) is 0 Å². The number of aldehydes is 1. The molecule has 0 heterocycles. The van der Waals surface area contributed by atoms with E-state index >= 15 is 0 Å². The molecule has 0 saturated heterocycles. The molecule has 76 valence electrons. The fraction of sp³-hybridized carbons (Fsp3) is 0.364. The van der Waals surface area contributed by atoms with Crippen molar-refractivity contribution in [3.05, 3.63) is 28.8 Å². The van der Waals surface area contributed by atoms with Crippen molar-refractivity contribution in [2.45, 2.75) is 30.4 Å². The second kappa shape index (κ2) is 5.42. The third kappa shape index (κ3) is 3.03. The zero-order valence-electron chi connectivity index (χ0n) is 8.29. The van der Waals surface area contributed by atoms with Gasteiger partial charge in [0.05, 0.1) is 0 Å². The molecule has 0 fully saturated rings. The van der Waals surface area contributed by atoms with Crippen LogP contribution in [0.25, 0.3) is 0 Å². The summed E-state index contributed by atoms with van der Waals surface area (Å²) in [7, 11) is 0. The molecule has 1 unspecified atom stereocenters. The number of thioether (sulfide) groups is 1. The minimum atomic E-state index is 0.523. The Hall–Kier alpha value is -0.470. The molecule has 0 radical (unpaired) electrons. The van der Waals surface area contributed by atoms with Crippen LogP contribution < -0.4 is 0 Å². The SMILES string of the molecule is CCC(C)Sc1ccc(Cl)cc1C=O. The molecule has 1 nitrogen and oxygen atoms in total. The quantitative estimate of drug-likeness (QED) is 0.572. The van der Waals surface area contributed by atoms with Gasteiger partial charge in [-0.3, -0.25) is 4.79 Å². The zero-order valence-corrected chi connectivity index (χ0v) is 9.86. The summed E-state index contributed by atoms with van der Waals surface area (Å²) in [6.45, 7) is 4.28. The molecular formula is C11H13ClOS. The summed E-state index contributed by atoms with van der Waals surface area (Å²) in [5, 5.41) is 1.13. The number of halogens is 1. The summed E-state index contributed by atoms with van der Waals surface area (Å²) in [6, 6.07) is 5.43. The van der Waals surface area contributed by atoms with E-state index in [0.29, 0.717) is 15.8 Å². The lowest BCUT2D eigenvalue weighted by molar-refractivity contribution is 0.112. The minimum absolute atomic E-state index is 0.523. The van der Waals surface area contributed by atoms with E-state index in [2.05, 4.69) is 13.8 Å². The summed E-state index contributed by atoms with van der Waals surface area (Å²) in [6.07, 6.45) is 1.95. The smallest absolute Gasteiger partial charge is 0.151 e. The van der Waals surface area contributed by atoms with Crippen LogP contribution in [0.5, 0.6) is 0 Å². The van der Waals surface area contributed by atoms with Crippen LogP contribution in [0, 0.1) is 0 Å². The Labute approximate surface area is 93.8 Å². The van der Waals surface area contributed by atoms with Crippen molar-refractivity contribution in [1.29, 1.82) is 0 Å². The minimum Gasteiger partial charge on any atom is -0.298 e. The van der Waals surface area contributed by atoms with Crippen molar-refractivity contribution in [2.24, 2.45) is 0 Å². The highest BCUT2D eigenvalue weighted by atomic mass is 35.5. The Bertz CT molecular complexity index is 325. The Balaban J connectivity index is 2.90. The zero-order chi connectivity index (χ0) is 10.6. The third-order valence-electron chi connectivity index (χ3n) is 2.00. The highest BCUT2D eigenvalue weighted by molar-refractivity contribution is 8.00. The van der Waals surface area contributed by atoms with Gasteiger partial charge in [-0.2, -0.15) is 0 Å². The average Bonchev–Trinajstić information content (AvgIpc) is 2.20. The second-order valence-corrected chi connectivity index (χ2v) is 5.05. The lowest BCUT2D eigenvalue weighted by Gasteiger charge is -2.09. The second-order valence-electron chi connectivity index (χ2n) is 3.14. The van der Waals surface area contributed by atoms with Crippen molar-refractivity contribution in [2.75, 3.05) is 0 Å². The summed E-state index contributed by atoms with van der Waals surface area (Å²) >= 11 is 7.51. The number of carbonyl (C=O) groups is 1. The van der Waals surface area contributed by atoms with Gasteiger partial charge in [0, 0.05) is 20.7 Å². The Kier molecular flexibility index (Phi) is 4.49. The van der Waals surface area contributed by atoms with E-state index in [9.17, 15) is 4.79 Å². The molecule has 1 aromatic carbocycles. The van der Waals surface area contributed by atoms with E-state index in [0.717, 1.165) is 17.6 Å². The van der Waals surface area contributed by atoms with Crippen LogP contribution in [0.15, 0.2) is 23.1 Å². The highest BCUT2D eigenvalue weighted by Gasteiger charge is 2.06. The molecule has 0 amide bonds. The normalized spacial score (nSPS) is 12.5. The van der Waals surface area contributed by atoms with E-state index < -0.39 is 0 Å². The van der Waals surface area contributed by atoms with Crippen LogP contribution in [0.1, 0.15) is 30.6 Å². The van der Waals surface area contributed by atoms with Gasteiger partial charge in [0.25, 0.3) is 0 Å². The van der Waals surface area contributed by atoms with Crippen molar-refractivity contribution >= 4 is 29.6 Å². The topological polar surface area (TPSA) is 17.1 Å². The van der Waals surface area contributed by atoms with Crippen LogP contribution in [0.4, 0.5) is 0 Å². The molecule has 0 saturated carbocycles. The van der Waals surface area contributed by atoms with Crippen LogP contribution in [0.2, 0.25) is 5.02 Å². The van der Waals surface area contributed by atoms with E-state index in [4.69, 9.17) is 11.6 Å². The number of hydrogen-bond donors (Lipinski definition) is 0. The molecule has 14 heavy (non-hydrogen) atoms. The molecule has 3 heteroatoms. The molecule has 1 rings (SSSR count). The summed E-state index contributed by atoms with van der Waals surface area (Å²) in [4.78, 5) is 11.8. The van der Waals surface area contributed by atoms with Crippen molar-refractivity contribution in [1.82, 2.24) is 0 Å².